The molecule has 7 nitrogen and oxygen atoms in total. The van der Waals surface area contributed by atoms with Gasteiger partial charge in [-0.25, -0.2) is 9.97 Å². The van der Waals surface area contributed by atoms with E-state index in [4.69, 9.17) is 9.15 Å². The van der Waals surface area contributed by atoms with Crippen LogP contribution in [0, 0.1) is 10.5 Å². The fourth-order valence-corrected chi connectivity index (χ4v) is 4.23. The van der Waals surface area contributed by atoms with Gasteiger partial charge >= 0.3 is 0 Å². The molecule has 1 amide bonds. The number of morpholine rings is 1. The van der Waals surface area contributed by atoms with Gasteiger partial charge in [-0.15, -0.1) is 0 Å². The van der Waals surface area contributed by atoms with E-state index in [1.165, 1.54) is 9.90 Å². The number of carbonyl (C=O) groups excluding carboxylic acids is 1. The second-order valence-electron chi connectivity index (χ2n) is 8.28. The van der Waals surface area contributed by atoms with E-state index in [9.17, 15) is 4.79 Å². The van der Waals surface area contributed by atoms with Gasteiger partial charge < -0.3 is 19.4 Å². The Morgan fingerprint density at radius 1 is 1.27 bits per heavy atom. The summed E-state index contributed by atoms with van der Waals surface area (Å²) in [6.07, 6.45) is 3.51. The summed E-state index contributed by atoms with van der Waals surface area (Å²) in [5.41, 5.74) is 2.09. The Kier molecular flexibility index (Phi) is 4.93. The molecule has 1 saturated carbocycles. The quantitative estimate of drug-likeness (QED) is 0.519. The summed E-state index contributed by atoms with van der Waals surface area (Å²) < 4.78 is 13.0. The Labute approximate surface area is 188 Å². The van der Waals surface area contributed by atoms with E-state index in [1.54, 1.807) is 0 Å². The molecule has 1 unspecified atom stereocenters. The van der Waals surface area contributed by atoms with Crippen LogP contribution in [0.4, 0.5) is 5.82 Å². The van der Waals surface area contributed by atoms with Gasteiger partial charge in [0.1, 0.15) is 24.0 Å². The molecule has 3 aromatic rings. The molecule has 2 aromatic heterocycles. The monoisotopic (exact) mass is 518 g/mol. The van der Waals surface area contributed by atoms with Crippen molar-refractivity contribution in [3.05, 3.63) is 51.1 Å². The van der Waals surface area contributed by atoms with Crippen LogP contribution in [0.5, 0.6) is 0 Å². The number of carbonyl (C=O) groups is 1. The number of fused-ring (bicyclic) bond motifs is 1. The molecule has 30 heavy (non-hydrogen) atoms. The van der Waals surface area contributed by atoms with E-state index in [2.05, 4.69) is 69.1 Å². The fraction of sp³-hybridized carbons (Fsp3) is 0.409. The van der Waals surface area contributed by atoms with Gasteiger partial charge in [0.25, 0.3) is 5.91 Å². The van der Waals surface area contributed by atoms with Crippen molar-refractivity contribution in [2.75, 3.05) is 25.0 Å². The number of benzene rings is 1. The number of amides is 1. The summed E-state index contributed by atoms with van der Waals surface area (Å²) in [6, 6.07) is 8.24. The zero-order valence-corrected chi connectivity index (χ0v) is 19.1. The molecular formula is C22H23IN4O3. The topological polar surface area (TPSA) is 80.5 Å². The molecule has 2 fully saturated rings. The molecule has 8 heteroatoms. The minimum absolute atomic E-state index is 0.0294. The van der Waals surface area contributed by atoms with E-state index in [0.717, 1.165) is 18.4 Å². The van der Waals surface area contributed by atoms with Crippen LogP contribution in [0.1, 0.15) is 47.6 Å². The average molecular weight is 518 g/mol. The van der Waals surface area contributed by atoms with Crippen LogP contribution < -0.4 is 5.32 Å². The van der Waals surface area contributed by atoms with Crippen molar-refractivity contribution >= 4 is 45.4 Å². The smallest absolute Gasteiger partial charge is 0.258 e. The standard InChI is InChI=1S/C22H23IN4O3/c1-13-17(18-19(26-22(2)7-8-22)24-12-25-20(18)30-13)21(28)27-9-10-29-16(11-27)14-3-5-15(23)6-4-14/h3-6,12,16H,7-11H2,1-2H3,(H,24,25,26). The zero-order chi connectivity index (χ0) is 20.9. The summed E-state index contributed by atoms with van der Waals surface area (Å²) in [4.78, 5) is 24.1. The van der Waals surface area contributed by atoms with E-state index in [1.807, 2.05) is 11.8 Å². The van der Waals surface area contributed by atoms with Crippen LogP contribution in [0.25, 0.3) is 11.1 Å². The summed E-state index contributed by atoms with van der Waals surface area (Å²) in [5.74, 6) is 1.17. The lowest BCUT2D eigenvalue weighted by Gasteiger charge is -2.33. The lowest BCUT2D eigenvalue weighted by Crippen LogP contribution is -2.42. The third-order valence-electron chi connectivity index (χ3n) is 5.89. The normalized spacial score (nSPS) is 20.4. The molecule has 5 rings (SSSR count). The Hall–Kier alpha value is -2.20. The second-order valence-corrected chi connectivity index (χ2v) is 9.53. The first kappa shape index (κ1) is 19.7. The molecule has 1 aliphatic heterocycles. The number of aryl methyl sites for hydroxylation is 1. The third kappa shape index (κ3) is 3.66. The van der Waals surface area contributed by atoms with Gasteiger partial charge in [-0.3, -0.25) is 4.79 Å². The molecule has 1 atom stereocenters. The summed E-state index contributed by atoms with van der Waals surface area (Å²) >= 11 is 2.28. The van der Waals surface area contributed by atoms with E-state index in [0.29, 0.717) is 47.9 Å². The molecule has 2 aliphatic rings. The lowest BCUT2D eigenvalue weighted by atomic mass is 10.1. The van der Waals surface area contributed by atoms with E-state index >= 15 is 0 Å². The highest BCUT2D eigenvalue weighted by Gasteiger charge is 2.39. The first-order valence-electron chi connectivity index (χ1n) is 10.1. The predicted molar refractivity (Wildman–Crippen MR) is 122 cm³/mol. The van der Waals surface area contributed by atoms with E-state index in [-0.39, 0.29) is 17.6 Å². The number of halogens is 1. The molecule has 1 aliphatic carbocycles. The van der Waals surface area contributed by atoms with Crippen LogP contribution in [0.3, 0.4) is 0 Å². The van der Waals surface area contributed by atoms with Crippen molar-refractivity contribution in [2.24, 2.45) is 0 Å². The largest absolute Gasteiger partial charge is 0.442 e. The SMILES string of the molecule is Cc1oc2ncnc(NC3(C)CC3)c2c1C(=O)N1CCOC(c2ccc(I)cc2)C1. The molecule has 0 radical (unpaired) electrons. The van der Waals surface area contributed by atoms with Crippen molar-refractivity contribution in [3.8, 4) is 0 Å². The van der Waals surface area contributed by atoms with Crippen LogP contribution in [-0.2, 0) is 4.74 Å². The number of furan rings is 1. The molecule has 0 spiro atoms. The van der Waals surface area contributed by atoms with Crippen molar-refractivity contribution in [1.29, 1.82) is 0 Å². The molecule has 1 aromatic carbocycles. The fourth-order valence-electron chi connectivity index (χ4n) is 3.87. The van der Waals surface area contributed by atoms with Gasteiger partial charge in [0.05, 0.1) is 24.1 Å². The van der Waals surface area contributed by atoms with Gasteiger partial charge in [0, 0.05) is 15.7 Å². The van der Waals surface area contributed by atoms with Crippen LogP contribution in [0.15, 0.2) is 35.0 Å². The third-order valence-corrected chi connectivity index (χ3v) is 6.61. The number of nitrogens with one attached hydrogen (secondary N) is 1. The second kappa shape index (κ2) is 7.49. The number of hydrogen-bond acceptors (Lipinski definition) is 6. The maximum absolute atomic E-state index is 13.6. The number of aromatic nitrogens is 2. The Morgan fingerprint density at radius 2 is 2.03 bits per heavy atom. The van der Waals surface area contributed by atoms with Crippen molar-refractivity contribution in [3.63, 3.8) is 0 Å². The zero-order valence-electron chi connectivity index (χ0n) is 16.9. The number of hydrogen-bond donors (Lipinski definition) is 1. The van der Waals surface area contributed by atoms with Gasteiger partial charge in [-0.05, 0) is 67.0 Å². The first-order valence-corrected chi connectivity index (χ1v) is 11.2. The minimum Gasteiger partial charge on any atom is -0.442 e. The molecular weight excluding hydrogens is 495 g/mol. The predicted octanol–water partition coefficient (Wildman–Crippen LogP) is 4.31. The number of nitrogens with zero attached hydrogens (tertiary/aromatic N) is 3. The number of anilines is 1. The van der Waals surface area contributed by atoms with Crippen LogP contribution >= 0.6 is 22.6 Å². The lowest BCUT2D eigenvalue weighted by molar-refractivity contribution is -0.0228. The van der Waals surface area contributed by atoms with Crippen LogP contribution in [0.2, 0.25) is 0 Å². The summed E-state index contributed by atoms with van der Waals surface area (Å²) in [5, 5.41) is 4.15. The Bertz CT molecular complexity index is 1110. The van der Waals surface area contributed by atoms with Crippen molar-refractivity contribution in [1.82, 2.24) is 14.9 Å². The molecule has 0 bridgehead atoms. The molecule has 1 N–H and O–H groups in total. The number of ether oxygens (including phenoxy) is 1. The highest BCUT2D eigenvalue weighted by Crippen LogP contribution is 2.40. The van der Waals surface area contributed by atoms with Crippen LogP contribution in [-0.4, -0.2) is 46.0 Å². The number of rotatable bonds is 4. The maximum atomic E-state index is 13.6. The van der Waals surface area contributed by atoms with Gasteiger partial charge in [-0.1, -0.05) is 12.1 Å². The average Bonchev–Trinajstić information content (AvgIpc) is 3.36. The van der Waals surface area contributed by atoms with Crippen molar-refractivity contribution < 1.29 is 13.9 Å². The summed E-state index contributed by atoms with van der Waals surface area (Å²) in [6.45, 7) is 5.51. The molecule has 156 valence electrons. The molecule has 1 saturated heterocycles. The van der Waals surface area contributed by atoms with Gasteiger partial charge in [-0.2, -0.15) is 0 Å². The van der Waals surface area contributed by atoms with Gasteiger partial charge in [0.15, 0.2) is 0 Å². The Morgan fingerprint density at radius 3 is 2.77 bits per heavy atom. The summed E-state index contributed by atoms with van der Waals surface area (Å²) in [7, 11) is 0. The first-order chi connectivity index (χ1) is 14.4. The highest BCUT2D eigenvalue weighted by molar-refractivity contribution is 14.1. The maximum Gasteiger partial charge on any atom is 0.258 e. The molecule has 3 heterocycles. The van der Waals surface area contributed by atoms with Crippen molar-refractivity contribution in [2.45, 2.75) is 38.3 Å². The highest BCUT2D eigenvalue weighted by atomic mass is 127. The van der Waals surface area contributed by atoms with E-state index < -0.39 is 0 Å². The minimum atomic E-state index is -0.141. The Balaban J connectivity index is 1.46. The van der Waals surface area contributed by atoms with Gasteiger partial charge in [0.2, 0.25) is 5.71 Å².